The molecule has 27 heavy (non-hydrogen) atoms. The molecule has 3 aromatic rings. The number of aromatic nitrogens is 1. The number of rotatable bonds is 6. The van der Waals surface area contributed by atoms with Crippen LogP contribution in [0.1, 0.15) is 34.7 Å². The van der Waals surface area contributed by atoms with Crippen molar-refractivity contribution in [1.82, 2.24) is 9.47 Å². The molecule has 2 aromatic heterocycles. The van der Waals surface area contributed by atoms with Gasteiger partial charge in [-0.05, 0) is 48.7 Å². The number of furan rings is 1. The maximum Gasteiger partial charge on any atom is 0.290 e. The molecule has 2 heterocycles. The second-order valence-electron chi connectivity index (χ2n) is 6.73. The lowest BCUT2D eigenvalue weighted by Crippen LogP contribution is -2.32. The van der Waals surface area contributed by atoms with E-state index in [-0.39, 0.29) is 35.6 Å². The Hall–Kier alpha value is -3.15. The van der Waals surface area contributed by atoms with Gasteiger partial charge in [0.25, 0.3) is 11.5 Å². The number of hydrogen-bond donors (Lipinski definition) is 0. The highest BCUT2D eigenvalue weighted by Gasteiger charge is 2.34. The molecule has 1 saturated carbocycles. The third-order valence-corrected chi connectivity index (χ3v) is 4.59. The van der Waals surface area contributed by atoms with Crippen LogP contribution in [0.2, 0.25) is 0 Å². The lowest BCUT2D eigenvalue weighted by Gasteiger charge is -2.21. The molecule has 1 amide bonds. The van der Waals surface area contributed by atoms with Crippen molar-refractivity contribution >= 4 is 5.91 Å². The first-order valence-electron chi connectivity index (χ1n) is 8.90. The van der Waals surface area contributed by atoms with Crippen molar-refractivity contribution in [2.45, 2.75) is 32.0 Å². The van der Waals surface area contributed by atoms with Crippen molar-refractivity contribution in [2.24, 2.45) is 0 Å². The summed E-state index contributed by atoms with van der Waals surface area (Å²) in [7, 11) is 0. The molecule has 0 atom stereocenters. The summed E-state index contributed by atoms with van der Waals surface area (Å²) in [6.07, 6.45) is 3.55. The topological polar surface area (TPSA) is 55.5 Å². The lowest BCUT2D eigenvalue weighted by atomic mass is 10.2. The first-order chi connectivity index (χ1) is 13.1. The van der Waals surface area contributed by atoms with E-state index < -0.39 is 0 Å². The predicted octanol–water partition coefficient (Wildman–Crippen LogP) is 3.43. The molecule has 138 valence electrons. The Morgan fingerprint density at radius 1 is 1.15 bits per heavy atom. The number of nitrogens with zero attached hydrogens (tertiary/aromatic N) is 2. The van der Waals surface area contributed by atoms with Gasteiger partial charge in [-0.1, -0.05) is 18.2 Å². The second kappa shape index (κ2) is 7.23. The normalized spacial score (nSPS) is 13.5. The minimum atomic E-state index is -0.315. The zero-order valence-electron chi connectivity index (χ0n) is 14.7. The van der Waals surface area contributed by atoms with E-state index in [1.165, 1.54) is 22.8 Å². The Morgan fingerprint density at radius 3 is 2.74 bits per heavy atom. The average Bonchev–Trinajstić information content (AvgIpc) is 3.39. The summed E-state index contributed by atoms with van der Waals surface area (Å²) in [6.45, 7) is 0.607. The van der Waals surface area contributed by atoms with E-state index >= 15 is 0 Å². The summed E-state index contributed by atoms with van der Waals surface area (Å²) in [5, 5.41) is 0. The van der Waals surface area contributed by atoms with Gasteiger partial charge in [0.15, 0.2) is 5.76 Å². The maximum atomic E-state index is 13.5. The van der Waals surface area contributed by atoms with Gasteiger partial charge < -0.3 is 13.9 Å². The third kappa shape index (κ3) is 4.00. The fourth-order valence-corrected chi connectivity index (χ4v) is 3.06. The van der Waals surface area contributed by atoms with Gasteiger partial charge in [-0.25, -0.2) is 4.39 Å². The summed E-state index contributed by atoms with van der Waals surface area (Å²) in [5.41, 5.74) is 0.616. The number of carbonyl (C=O) groups is 1. The summed E-state index contributed by atoms with van der Waals surface area (Å²) < 4.78 is 20.7. The molecule has 1 aromatic carbocycles. The summed E-state index contributed by atoms with van der Waals surface area (Å²) >= 11 is 0. The number of hydrogen-bond acceptors (Lipinski definition) is 3. The first kappa shape index (κ1) is 17.3. The molecule has 1 aliphatic rings. The fourth-order valence-electron chi connectivity index (χ4n) is 3.06. The van der Waals surface area contributed by atoms with Crippen molar-refractivity contribution in [3.63, 3.8) is 0 Å². The maximum absolute atomic E-state index is 13.5. The van der Waals surface area contributed by atoms with E-state index in [9.17, 15) is 14.0 Å². The van der Waals surface area contributed by atoms with E-state index in [2.05, 4.69) is 0 Å². The largest absolute Gasteiger partial charge is 0.454 e. The molecule has 0 saturated heterocycles. The zero-order valence-corrected chi connectivity index (χ0v) is 14.7. The lowest BCUT2D eigenvalue weighted by molar-refractivity contribution is 0.0695. The molecule has 4 rings (SSSR count). The van der Waals surface area contributed by atoms with Crippen LogP contribution in [-0.4, -0.2) is 21.4 Å². The van der Waals surface area contributed by atoms with E-state index in [1.807, 2.05) is 0 Å². The second-order valence-corrected chi connectivity index (χ2v) is 6.73. The standard InChI is InChI=1S/C21H19FN2O3/c22-16-5-3-4-15(12-16)13-24(17-7-8-17)21(26)19-10-9-18(27-19)14-23-11-2-1-6-20(23)25/h1-6,9-12,17H,7-8,13-14H2. The molecule has 0 N–H and O–H groups in total. The molecule has 1 aliphatic carbocycles. The van der Waals surface area contributed by atoms with E-state index in [1.54, 1.807) is 47.5 Å². The van der Waals surface area contributed by atoms with Crippen LogP contribution >= 0.6 is 0 Å². The minimum absolute atomic E-state index is 0.132. The Balaban J connectivity index is 1.51. The number of benzene rings is 1. The Kier molecular flexibility index (Phi) is 4.62. The minimum Gasteiger partial charge on any atom is -0.454 e. The third-order valence-electron chi connectivity index (χ3n) is 4.59. The van der Waals surface area contributed by atoms with Gasteiger partial charge in [-0.3, -0.25) is 9.59 Å². The first-order valence-corrected chi connectivity index (χ1v) is 8.90. The predicted molar refractivity (Wildman–Crippen MR) is 97.8 cm³/mol. The van der Waals surface area contributed by atoms with Crippen LogP contribution in [0.3, 0.4) is 0 Å². The Bertz CT molecular complexity index is 1020. The van der Waals surface area contributed by atoms with Crippen LogP contribution in [0.5, 0.6) is 0 Å². The number of carbonyl (C=O) groups excluding carboxylic acids is 1. The van der Waals surface area contributed by atoms with Gasteiger partial charge in [0.2, 0.25) is 0 Å². The van der Waals surface area contributed by atoms with Crippen molar-refractivity contribution < 1.29 is 13.6 Å². The molecular formula is C21H19FN2O3. The Morgan fingerprint density at radius 2 is 2.00 bits per heavy atom. The average molecular weight is 366 g/mol. The summed E-state index contributed by atoms with van der Waals surface area (Å²) in [6, 6.07) is 14.7. The highest BCUT2D eigenvalue weighted by molar-refractivity contribution is 5.92. The highest BCUT2D eigenvalue weighted by atomic mass is 19.1. The molecule has 0 bridgehead atoms. The molecule has 0 radical (unpaired) electrons. The van der Waals surface area contributed by atoms with E-state index in [0.29, 0.717) is 12.3 Å². The van der Waals surface area contributed by atoms with Gasteiger partial charge in [0.05, 0.1) is 6.54 Å². The highest BCUT2D eigenvalue weighted by Crippen LogP contribution is 2.30. The van der Waals surface area contributed by atoms with Crippen molar-refractivity contribution in [1.29, 1.82) is 0 Å². The number of amides is 1. The van der Waals surface area contributed by atoms with Gasteiger partial charge in [0, 0.05) is 24.8 Å². The van der Waals surface area contributed by atoms with Crippen molar-refractivity contribution in [3.8, 4) is 0 Å². The van der Waals surface area contributed by atoms with Crippen molar-refractivity contribution in [2.75, 3.05) is 0 Å². The van der Waals surface area contributed by atoms with Crippen LogP contribution in [0.4, 0.5) is 4.39 Å². The van der Waals surface area contributed by atoms with Gasteiger partial charge in [-0.2, -0.15) is 0 Å². The van der Waals surface area contributed by atoms with Gasteiger partial charge >= 0.3 is 0 Å². The van der Waals surface area contributed by atoms with Crippen molar-refractivity contribution in [3.05, 3.63) is 94.0 Å². The summed E-state index contributed by atoms with van der Waals surface area (Å²) in [5.74, 6) is 0.239. The van der Waals surface area contributed by atoms with E-state index in [0.717, 1.165) is 18.4 Å². The number of halogens is 1. The Labute approximate surface area is 155 Å². The zero-order chi connectivity index (χ0) is 18.8. The molecule has 1 fully saturated rings. The van der Waals surface area contributed by atoms with Crippen LogP contribution in [0.15, 0.2) is 70.0 Å². The molecule has 0 unspecified atom stereocenters. The quantitative estimate of drug-likeness (QED) is 0.672. The van der Waals surface area contributed by atoms with Crippen LogP contribution in [0.25, 0.3) is 0 Å². The molecular weight excluding hydrogens is 347 g/mol. The molecule has 0 aliphatic heterocycles. The van der Waals surface area contributed by atoms with Crippen LogP contribution in [-0.2, 0) is 13.1 Å². The number of pyridine rings is 1. The fraction of sp³-hybridized carbons (Fsp3) is 0.238. The van der Waals surface area contributed by atoms with E-state index in [4.69, 9.17) is 4.42 Å². The summed E-state index contributed by atoms with van der Waals surface area (Å²) in [4.78, 5) is 26.5. The van der Waals surface area contributed by atoms with Gasteiger partial charge in [0.1, 0.15) is 11.6 Å². The molecule has 5 nitrogen and oxygen atoms in total. The van der Waals surface area contributed by atoms with Gasteiger partial charge in [-0.15, -0.1) is 0 Å². The monoisotopic (exact) mass is 366 g/mol. The molecule has 6 heteroatoms. The van der Waals surface area contributed by atoms with Crippen LogP contribution < -0.4 is 5.56 Å². The molecule has 0 spiro atoms. The SMILES string of the molecule is O=C(c1ccc(Cn2ccccc2=O)o1)N(Cc1cccc(F)c1)C1CC1. The smallest absolute Gasteiger partial charge is 0.290 e. The van der Waals surface area contributed by atoms with Crippen LogP contribution in [0, 0.1) is 5.82 Å².